The molecule has 1 aromatic heterocycles. The summed E-state index contributed by atoms with van der Waals surface area (Å²) in [6, 6.07) is 1.48. The summed E-state index contributed by atoms with van der Waals surface area (Å²) in [5.74, 6) is -0.800. The number of piperazine rings is 1. The van der Waals surface area contributed by atoms with Crippen LogP contribution in [-0.4, -0.2) is 34.1 Å². The van der Waals surface area contributed by atoms with Gasteiger partial charge in [0.2, 0.25) is 5.91 Å². The Morgan fingerprint density at radius 1 is 1.33 bits per heavy atom. The fourth-order valence-corrected chi connectivity index (χ4v) is 2.04. The lowest BCUT2D eigenvalue weighted by Crippen LogP contribution is -2.64. The summed E-state index contributed by atoms with van der Waals surface area (Å²) in [4.78, 5) is 24.8. The zero-order valence-corrected chi connectivity index (χ0v) is 11.2. The van der Waals surface area contributed by atoms with Crippen molar-refractivity contribution in [2.75, 3.05) is 11.4 Å². The highest BCUT2D eigenvalue weighted by Gasteiger charge is 2.42. The first-order chi connectivity index (χ1) is 8.32. The van der Waals surface area contributed by atoms with Gasteiger partial charge in [-0.15, -0.1) is 10.2 Å². The van der Waals surface area contributed by atoms with E-state index < -0.39 is 17.4 Å². The predicted molar refractivity (Wildman–Crippen MR) is 66.6 cm³/mol. The summed E-state index contributed by atoms with van der Waals surface area (Å²) in [7, 11) is 0. The molecule has 1 aliphatic rings. The number of amides is 2. The van der Waals surface area contributed by atoms with Crippen LogP contribution in [0, 0.1) is 0 Å². The van der Waals surface area contributed by atoms with Crippen molar-refractivity contribution in [3.8, 4) is 0 Å². The van der Waals surface area contributed by atoms with Gasteiger partial charge < -0.3 is 4.90 Å². The minimum absolute atomic E-state index is 0.000478. The van der Waals surface area contributed by atoms with Gasteiger partial charge in [0.15, 0.2) is 10.3 Å². The summed E-state index contributed by atoms with van der Waals surface area (Å²) in [5, 5.41) is 9.77. The third-order valence-corrected chi connectivity index (χ3v) is 3.23. The highest BCUT2D eigenvalue weighted by molar-refractivity contribution is 6.33. The van der Waals surface area contributed by atoms with Crippen LogP contribution in [0.15, 0.2) is 6.07 Å². The number of hydrogen-bond donors (Lipinski definition) is 1. The minimum Gasteiger partial charge on any atom is -0.345 e. The van der Waals surface area contributed by atoms with E-state index in [0.29, 0.717) is 5.69 Å². The highest BCUT2D eigenvalue weighted by atomic mass is 35.5. The molecule has 0 saturated carbocycles. The van der Waals surface area contributed by atoms with E-state index >= 15 is 0 Å². The van der Waals surface area contributed by atoms with Crippen LogP contribution in [0.1, 0.15) is 13.8 Å². The van der Waals surface area contributed by atoms with Crippen LogP contribution < -0.4 is 10.2 Å². The van der Waals surface area contributed by atoms with Crippen LogP contribution in [0.3, 0.4) is 0 Å². The third kappa shape index (κ3) is 2.13. The van der Waals surface area contributed by atoms with Crippen molar-refractivity contribution in [1.29, 1.82) is 0 Å². The van der Waals surface area contributed by atoms with Gasteiger partial charge in [-0.05, 0) is 13.8 Å². The van der Waals surface area contributed by atoms with E-state index in [1.165, 1.54) is 6.07 Å². The van der Waals surface area contributed by atoms with Crippen LogP contribution in [0.2, 0.25) is 10.3 Å². The molecule has 2 amide bonds. The number of aromatic nitrogens is 2. The minimum atomic E-state index is -0.927. The third-order valence-electron chi connectivity index (χ3n) is 2.78. The van der Waals surface area contributed by atoms with Gasteiger partial charge in [0.1, 0.15) is 5.54 Å². The van der Waals surface area contributed by atoms with Gasteiger partial charge in [0.25, 0.3) is 5.91 Å². The molecule has 1 aromatic rings. The van der Waals surface area contributed by atoms with Gasteiger partial charge in [-0.1, -0.05) is 23.2 Å². The molecule has 0 radical (unpaired) electrons. The van der Waals surface area contributed by atoms with Crippen molar-refractivity contribution in [1.82, 2.24) is 15.5 Å². The van der Waals surface area contributed by atoms with Crippen LogP contribution in [0.25, 0.3) is 0 Å². The second kappa shape index (κ2) is 4.37. The molecule has 1 saturated heterocycles. The molecule has 1 fully saturated rings. The molecule has 96 valence electrons. The molecule has 1 N–H and O–H groups in total. The molecular weight excluding hydrogens is 279 g/mol. The fraction of sp³-hybridized carbons (Fsp3) is 0.400. The number of imide groups is 1. The van der Waals surface area contributed by atoms with Crippen molar-refractivity contribution in [3.63, 3.8) is 0 Å². The quantitative estimate of drug-likeness (QED) is 0.781. The van der Waals surface area contributed by atoms with Gasteiger partial charge in [-0.2, -0.15) is 0 Å². The van der Waals surface area contributed by atoms with Crippen LogP contribution in [-0.2, 0) is 9.59 Å². The monoisotopic (exact) mass is 288 g/mol. The predicted octanol–water partition coefficient (Wildman–Crippen LogP) is 1.02. The topological polar surface area (TPSA) is 75.2 Å². The van der Waals surface area contributed by atoms with E-state index in [1.807, 2.05) is 0 Å². The summed E-state index contributed by atoms with van der Waals surface area (Å²) in [6.45, 7) is 3.36. The average Bonchev–Trinajstić information content (AvgIpc) is 2.27. The molecule has 8 heteroatoms. The summed E-state index contributed by atoms with van der Waals surface area (Å²) in [5.41, 5.74) is -0.519. The van der Waals surface area contributed by atoms with Crippen molar-refractivity contribution >= 4 is 40.7 Å². The Morgan fingerprint density at radius 3 is 2.67 bits per heavy atom. The maximum Gasteiger partial charge on any atom is 0.251 e. The fourth-order valence-electron chi connectivity index (χ4n) is 1.70. The number of rotatable bonds is 1. The number of carbonyl (C=O) groups excluding carboxylic acids is 2. The van der Waals surface area contributed by atoms with Crippen molar-refractivity contribution in [3.05, 3.63) is 16.4 Å². The second-order valence-corrected chi connectivity index (χ2v) is 5.11. The van der Waals surface area contributed by atoms with Gasteiger partial charge in [-0.25, -0.2) is 0 Å². The zero-order valence-electron chi connectivity index (χ0n) is 9.70. The second-order valence-electron chi connectivity index (χ2n) is 4.37. The lowest BCUT2D eigenvalue weighted by molar-refractivity contribution is -0.135. The number of carbonyl (C=O) groups is 2. The Bertz CT molecular complexity index is 533. The molecule has 18 heavy (non-hydrogen) atoms. The zero-order chi connectivity index (χ0) is 13.5. The first kappa shape index (κ1) is 13.0. The molecule has 0 aromatic carbocycles. The molecule has 0 bridgehead atoms. The maximum absolute atomic E-state index is 11.8. The van der Waals surface area contributed by atoms with E-state index in [9.17, 15) is 9.59 Å². The van der Waals surface area contributed by atoms with Crippen LogP contribution >= 0.6 is 23.2 Å². The Labute approximate surface area is 113 Å². The van der Waals surface area contributed by atoms with E-state index in [4.69, 9.17) is 23.2 Å². The smallest absolute Gasteiger partial charge is 0.251 e. The molecule has 6 nitrogen and oxygen atoms in total. The number of nitrogens with one attached hydrogen (secondary N) is 1. The van der Waals surface area contributed by atoms with Crippen LogP contribution in [0.4, 0.5) is 5.69 Å². The largest absolute Gasteiger partial charge is 0.345 e. The number of halogens is 2. The Balaban J connectivity index is 2.50. The van der Waals surface area contributed by atoms with Gasteiger partial charge in [0.05, 0.1) is 12.2 Å². The molecule has 2 rings (SSSR count). The van der Waals surface area contributed by atoms with E-state index in [-0.39, 0.29) is 16.9 Å². The first-order valence-corrected chi connectivity index (χ1v) is 5.88. The van der Waals surface area contributed by atoms with Crippen molar-refractivity contribution in [2.45, 2.75) is 19.4 Å². The number of anilines is 1. The average molecular weight is 289 g/mol. The first-order valence-electron chi connectivity index (χ1n) is 5.13. The van der Waals surface area contributed by atoms with E-state index in [1.54, 1.807) is 18.7 Å². The maximum atomic E-state index is 11.8. The molecule has 1 aliphatic heterocycles. The lowest BCUT2D eigenvalue weighted by atomic mass is 9.98. The van der Waals surface area contributed by atoms with Crippen molar-refractivity contribution < 1.29 is 9.59 Å². The Kier molecular flexibility index (Phi) is 3.16. The molecule has 0 atom stereocenters. The number of hydrogen-bond acceptors (Lipinski definition) is 5. The molecule has 2 heterocycles. The molecule has 0 spiro atoms. The summed E-state index contributed by atoms with van der Waals surface area (Å²) < 4.78 is 0. The van der Waals surface area contributed by atoms with E-state index in [0.717, 1.165) is 0 Å². The highest BCUT2D eigenvalue weighted by Crippen LogP contribution is 2.32. The standard InChI is InChI=1S/C10H10Cl2N4O2/c1-10(2)9(18)13-7(17)4-16(10)5-3-6(11)14-15-8(5)12/h3H,4H2,1-2H3,(H,13,17,18). The van der Waals surface area contributed by atoms with E-state index in [2.05, 4.69) is 15.5 Å². The van der Waals surface area contributed by atoms with Crippen LogP contribution in [0.5, 0.6) is 0 Å². The Morgan fingerprint density at radius 2 is 2.00 bits per heavy atom. The summed E-state index contributed by atoms with van der Waals surface area (Å²) >= 11 is 11.7. The molecule has 0 unspecified atom stereocenters. The normalized spacial score (nSPS) is 18.8. The SMILES string of the molecule is CC1(C)C(=O)NC(=O)CN1c1cc(Cl)nnc1Cl. The summed E-state index contributed by atoms with van der Waals surface area (Å²) in [6.07, 6.45) is 0. The molecular formula is C10H10Cl2N4O2. The Hall–Kier alpha value is -1.40. The number of nitrogens with zero attached hydrogens (tertiary/aromatic N) is 3. The van der Waals surface area contributed by atoms with Gasteiger partial charge >= 0.3 is 0 Å². The van der Waals surface area contributed by atoms with Gasteiger partial charge in [0, 0.05) is 6.07 Å². The van der Waals surface area contributed by atoms with Gasteiger partial charge in [-0.3, -0.25) is 14.9 Å². The molecule has 0 aliphatic carbocycles. The van der Waals surface area contributed by atoms with Crippen molar-refractivity contribution in [2.24, 2.45) is 0 Å². The lowest BCUT2D eigenvalue weighted by Gasteiger charge is -2.41.